The first-order valence-corrected chi connectivity index (χ1v) is 8.83. The van der Waals surface area contributed by atoms with Gasteiger partial charge >= 0.3 is 0 Å². The van der Waals surface area contributed by atoms with Crippen molar-refractivity contribution in [3.8, 4) is 11.4 Å². The van der Waals surface area contributed by atoms with Gasteiger partial charge in [0.15, 0.2) is 5.82 Å². The zero-order valence-corrected chi connectivity index (χ0v) is 14.8. The smallest absolute Gasteiger partial charge is 0.234 e. The molecule has 8 heteroatoms. The first-order chi connectivity index (χ1) is 12.1. The summed E-state index contributed by atoms with van der Waals surface area (Å²) in [7, 11) is 0. The molecule has 0 aliphatic rings. The molecule has 0 fully saturated rings. The molecule has 0 radical (unpaired) electrons. The number of hydrogen-bond acceptors (Lipinski definition) is 6. The Bertz CT molecular complexity index is 870. The van der Waals surface area contributed by atoms with Gasteiger partial charge in [-0.2, -0.15) is 0 Å². The predicted octanol–water partition coefficient (Wildman–Crippen LogP) is 2.85. The van der Waals surface area contributed by atoms with E-state index in [1.165, 1.54) is 22.0 Å². The molecule has 130 valence electrons. The van der Waals surface area contributed by atoms with Gasteiger partial charge in [-0.25, -0.2) is 4.68 Å². The summed E-state index contributed by atoms with van der Waals surface area (Å²) < 4.78 is 6.62. The third kappa shape index (κ3) is 3.85. The molecule has 7 nitrogen and oxygen atoms in total. The maximum Gasteiger partial charge on any atom is 0.234 e. The lowest BCUT2D eigenvalue weighted by Gasteiger charge is -2.06. The van der Waals surface area contributed by atoms with Crippen molar-refractivity contribution < 1.29 is 9.21 Å². The number of anilines is 1. The number of benzene rings is 1. The fourth-order valence-electron chi connectivity index (χ4n) is 2.33. The summed E-state index contributed by atoms with van der Waals surface area (Å²) in [5.41, 5.74) is 2.78. The molecule has 1 aromatic carbocycles. The Hall–Kier alpha value is -2.74. The molecule has 0 saturated carbocycles. The summed E-state index contributed by atoms with van der Waals surface area (Å²) in [5, 5.41) is 11.4. The Morgan fingerprint density at radius 3 is 2.68 bits per heavy atom. The lowest BCUT2D eigenvalue weighted by atomic mass is 10.1. The van der Waals surface area contributed by atoms with Crippen LogP contribution in [0.2, 0.25) is 0 Å². The third-order valence-electron chi connectivity index (χ3n) is 3.74. The predicted molar refractivity (Wildman–Crippen MR) is 97.8 cm³/mol. The first-order valence-electron chi connectivity index (χ1n) is 7.85. The van der Waals surface area contributed by atoms with Crippen molar-refractivity contribution in [1.29, 1.82) is 0 Å². The summed E-state index contributed by atoms with van der Waals surface area (Å²) in [5.74, 6) is 7.31. The maximum atomic E-state index is 12.1. The lowest BCUT2D eigenvalue weighted by Crippen LogP contribution is -2.16. The number of thioether (sulfide) groups is 1. The van der Waals surface area contributed by atoms with Gasteiger partial charge in [-0.05, 0) is 37.1 Å². The van der Waals surface area contributed by atoms with Crippen LogP contribution in [0, 0.1) is 6.92 Å². The summed E-state index contributed by atoms with van der Waals surface area (Å²) >= 11 is 1.23. The number of aromatic nitrogens is 3. The van der Waals surface area contributed by atoms with Crippen molar-refractivity contribution in [3.63, 3.8) is 0 Å². The van der Waals surface area contributed by atoms with Gasteiger partial charge < -0.3 is 15.6 Å². The summed E-state index contributed by atoms with van der Waals surface area (Å²) in [6.07, 6.45) is 2.54. The van der Waals surface area contributed by atoms with Crippen LogP contribution in [0.1, 0.15) is 18.2 Å². The molecule has 3 aromatic rings. The van der Waals surface area contributed by atoms with Crippen molar-refractivity contribution in [3.05, 3.63) is 47.9 Å². The van der Waals surface area contributed by atoms with E-state index in [0.717, 1.165) is 17.7 Å². The molecule has 2 aromatic heterocycles. The molecule has 0 spiro atoms. The number of nitrogens with zero attached hydrogens (tertiary/aromatic N) is 3. The van der Waals surface area contributed by atoms with Crippen molar-refractivity contribution >= 4 is 23.4 Å². The van der Waals surface area contributed by atoms with Crippen LogP contribution in [0.25, 0.3) is 11.4 Å². The summed E-state index contributed by atoms with van der Waals surface area (Å²) in [4.78, 5) is 12.1. The Kier molecular flexibility index (Phi) is 5.08. The fraction of sp³-hybridized carbons (Fsp3) is 0.235. The van der Waals surface area contributed by atoms with Gasteiger partial charge in [0.2, 0.25) is 11.1 Å². The van der Waals surface area contributed by atoms with Crippen LogP contribution >= 0.6 is 11.8 Å². The molecule has 0 bridgehead atoms. The average Bonchev–Trinajstić information content (AvgIpc) is 3.19. The van der Waals surface area contributed by atoms with E-state index in [9.17, 15) is 4.79 Å². The number of rotatable bonds is 6. The first kappa shape index (κ1) is 17.1. The van der Waals surface area contributed by atoms with Gasteiger partial charge in [0.1, 0.15) is 5.76 Å². The molecule has 2 heterocycles. The zero-order valence-electron chi connectivity index (χ0n) is 14.0. The van der Waals surface area contributed by atoms with E-state index >= 15 is 0 Å². The van der Waals surface area contributed by atoms with Crippen LogP contribution in [0.3, 0.4) is 0 Å². The minimum absolute atomic E-state index is 0.127. The Morgan fingerprint density at radius 2 is 2.04 bits per heavy atom. The Morgan fingerprint density at radius 1 is 1.28 bits per heavy atom. The number of furan rings is 1. The molecule has 0 aliphatic carbocycles. The van der Waals surface area contributed by atoms with Crippen LogP contribution in [0.5, 0.6) is 0 Å². The molecular formula is C17H19N5O2S. The number of nitrogen functional groups attached to an aromatic ring is 1. The monoisotopic (exact) mass is 357 g/mol. The third-order valence-corrected chi connectivity index (χ3v) is 4.69. The van der Waals surface area contributed by atoms with Gasteiger partial charge in [0.05, 0.1) is 17.6 Å². The van der Waals surface area contributed by atoms with E-state index in [2.05, 4.69) is 22.4 Å². The van der Waals surface area contributed by atoms with Crippen LogP contribution in [-0.4, -0.2) is 26.5 Å². The van der Waals surface area contributed by atoms with Gasteiger partial charge in [-0.15, -0.1) is 10.2 Å². The number of nitrogens with two attached hydrogens (primary N) is 1. The second-order valence-corrected chi connectivity index (χ2v) is 6.40. The van der Waals surface area contributed by atoms with E-state index in [4.69, 9.17) is 10.3 Å². The summed E-state index contributed by atoms with van der Waals surface area (Å²) in [6, 6.07) is 9.57. The minimum Gasteiger partial charge on any atom is -0.469 e. The standard InChI is InChI=1S/C17H19N5O2S/c1-3-12-4-6-13(7-5-12)19-15(23)10-25-17-21-20-16(22(17)18)14-8-9-24-11(14)2/h4-9H,3,10,18H2,1-2H3,(H,19,23). The molecule has 3 rings (SSSR count). The van der Waals surface area contributed by atoms with Gasteiger partial charge in [0, 0.05) is 5.69 Å². The molecule has 1 amide bonds. The quantitative estimate of drug-likeness (QED) is 0.520. The lowest BCUT2D eigenvalue weighted by molar-refractivity contribution is -0.113. The fourth-order valence-corrected chi connectivity index (χ4v) is 2.98. The van der Waals surface area contributed by atoms with E-state index < -0.39 is 0 Å². The van der Waals surface area contributed by atoms with Crippen LogP contribution in [0.4, 0.5) is 5.69 Å². The second kappa shape index (κ2) is 7.43. The molecule has 0 aliphatic heterocycles. The number of aryl methyl sites for hydroxylation is 2. The van der Waals surface area contributed by atoms with Crippen LogP contribution < -0.4 is 11.2 Å². The summed E-state index contributed by atoms with van der Waals surface area (Å²) in [6.45, 7) is 3.92. The normalized spacial score (nSPS) is 10.8. The molecule has 0 saturated heterocycles. The van der Waals surface area contributed by atoms with Crippen molar-refractivity contribution in [2.75, 3.05) is 16.9 Å². The average molecular weight is 357 g/mol. The highest BCUT2D eigenvalue weighted by Crippen LogP contribution is 2.25. The Labute approximate surface area is 149 Å². The number of carbonyl (C=O) groups is 1. The van der Waals surface area contributed by atoms with E-state index in [0.29, 0.717) is 16.7 Å². The SMILES string of the molecule is CCc1ccc(NC(=O)CSc2nnc(-c3ccoc3C)n2N)cc1. The van der Waals surface area contributed by atoms with Crippen LogP contribution in [0.15, 0.2) is 46.2 Å². The largest absolute Gasteiger partial charge is 0.469 e. The van der Waals surface area contributed by atoms with Gasteiger partial charge in [-0.3, -0.25) is 4.79 Å². The maximum absolute atomic E-state index is 12.1. The van der Waals surface area contributed by atoms with Crippen molar-refractivity contribution in [2.45, 2.75) is 25.4 Å². The van der Waals surface area contributed by atoms with Crippen molar-refractivity contribution in [1.82, 2.24) is 14.9 Å². The highest BCUT2D eigenvalue weighted by Gasteiger charge is 2.16. The molecular weight excluding hydrogens is 338 g/mol. The number of hydrogen-bond donors (Lipinski definition) is 2. The topological polar surface area (TPSA) is 99.0 Å². The zero-order chi connectivity index (χ0) is 17.8. The van der Waals surface area contributed by atoms with Crippen LogP contribution in [-0.2, 0) is 11.2 Å². The molecule has 3 N–H and O–H groups in total. The minimum atomic E-state index is -0.127. The molecule has 0 unspecified atom stereocenters. The molecule has 25 heavy (non-hydrogen) atoms. The van der Waals surface area contributed by atoms with Gasteiger partial charge in [-0.1, -0.05) is 30.8 Å². The van der Waals surface area contributed by atoms with E-state index in [-0.39, 0.29) is 11.7 Å². The Balaban J connectivity index is 1.60. The van der Waals surface area contributed by atoms with E-state index in [1.807, 2.05) is 31.2 Å². The van der Waals surface area contributed by atoms with Crippen molar-refractivity contribution in [2.24, 2.45) is 0 Å². The number of nitrogens with one attached hydrogen (secondary N) is 1. The van der Waals surface area contributed by atoms with Gasteiger partial charge in [0.25, 0.3) is 0 Å². The second-order valence-electron chi connectivity index (χ2n) is 5.45. The number of carbonyl (C=O) groups excluding carboxylic acids is 1. The molecule has 0 atom stereocenters. The highest BCUT2D eigenvalue weighted by atomic mass is 32.2. The van der Waals surface area contributed by atoms with E-state index in [1.54, 1.807) is 12.3 Å². The highest BCUT2D eigenvalue weighted by molar-refractivity contribution is 7.99. The number of amides is 1.